The number of ether oxygens (including phenoxy) is 1. The molecule has 0 amide bonds. The molecule has 5 rings (SSSR count). The molecule has 0 saturated heterocycles. The summed E-state index contributed by atoms with van der Waals surface area (Å²) in [7, 11) is 0. The quantitative estimate of drug-likeness (QED) is 0.805. The third-order valence-electron chi connectivity index (χ3n) is 5.96. The number of rotatable bonds is 1. The molecule has 3 aliphatic rings. The van der Waals surface area contributed by atoms with E-state index in [2.05, 4.69) is 78.0 Å². The topological polar surface area (TPSA) is 24.5 Å². The summed E-state index contributed by atoms with van der Waals surface area (Å²) in [5.41, 5.74) is 7.13. The van der Waals surface area contributed by atoms with Gasteiger partial charge < -0.3 is 10.2 Å². The van der Waals surface area contributed by atoms with Gasteiger partial charge in [-0.3, -0.25) is 0 Å². The van der Waals surface area contributed by atoms with Gasteiger partial charge >= 0.3 is 0 Å². The first-order valence-electron chi connectivity index (χ1n) is 9.36. The van der Waals surface area contributed by atoms with Crippen molar-refractivity contribution in [3.63, 3.8) is 0 Å². The normalized spacial score (nSPS) is 30.8. The van der Waals surface area contributed by atoms with Crippen molar-refractivity contribution in [1.29, 1.82) is 0 Å². The van der Waals surface area contributed by atoms with Crippen molar-refractivity contribution in [2.24, 2.45) is 5.92 Å². The number of para-hydroxylation sites is 1. The summed E-state index contributed by atoms with van der Waals surface area (Å²) in [5.74, 6) is 1.83. The molecule has 0 radical (unpaired) electrons. The van der Waals surface area contributed by atoms with Gasteiger partial charge in [0.1, 0.15) is 5.75 Å². The molecule has 0 aromatic heterocycles. The van der Waals surface area contributed by atoms with Gasteiger partial charge in [-0.05, 0) is 36.5 Å². The minimum atomic E-state index is -0.238. The third-order valence-corrected chi connectivity index (χ3v) is 5.96. The van der Waals surface area contributed by atoms with Gasteiger partial charge in [-0.25, -0.2) is 0 Å². The molecule has 3 heteroatoms. The molecule has 1 saturated carbocycles. The van der Waals surface area contributed by atoms with Gasteiger partial charge in [-0.15, -0.1) is 0 Å². The molecule has 1 atom stereocenters. The van der Waals surface area contributed by atoms with Crippen LogP contribution in [0.2, 0.25) is 0 Å². The zero-order valence-corrected chi connectivity index (χ0v) is 14.6. The number of hydrogen-bond acceptors (Lipinski definition) is 3. The summed E-state index contributed by atoms with van der Waals surface area (Å²) in [6.07, 6.45) is 6.93. The van der Waals surface area contributed by atoms with Crippen LogP contribution in [-0.2, 0) is 0 Å². The molecular weight excluding hydrogens is 308 g/mol. The van der Waals surface area contributed by atoms with E-state index in [9.17, 15) is 0 Å². The molecule has 3 nitrogen and oxygen atoms in total. The van der Waals surface area contributed by atoms with Crippen molar-refractivity contribution in [2.75, 3.05) is 0 Å². The highest BCUT2D eigenvalue weighted by molar-refractivity contribution is 5.67. The van der Waals surface area contributed by atoms with E-state index in [1.807, 2.05) is 0 Å². The lowest BCUT2D eigenvalue weighted by Crippen LogP contribution is -2.60. The van der Waals surface area contributed by atoms with Crippen LogP contribution in [0.4, 0.5) is 0 Å². The fourth-order valence-electron chi connectivity index (χ4n) is 4.46. The first-order chi connectivity index (χ1) is 12.3. The van der Waals surface area contributed by atoms with E-state index in [4.69, 9.17) is 4.74 Å². The SMILES string of the molecule is CC1CCC2(CC1)Oc1ccccc1[C@H]1C=C(c3ccccc3)NN12. The maximum atomic E-state index is 6.64. The molecule has 25 heavy (non-hydrogen) atoms. The Labute approximate surface area is 149 Å². The van der Waals surface area contributed by atoms with Crippen molar-refractivity contribution >= 4 is 5.70 Å². The van der Waals surface area contributed by atoms with Gasteiger partial charge in [0.15, 0.2) is 5.72 Å². The maximum absolute atomic E-state index is 6.64. The Morgan fingerprint density at radius 1 is 1.00 bits per heavy atom. The Hall–Kier alpha value is -2.26. The Kier molecular flexibility index (Phi) is 3.39. The smallest absolute Gasteiger partial charge is 0.180 e. The van der Waals surface area contributed by atoms with E-state index < -0.39 is 0 Å². The van der Waals surface area contributed by atoms with Crippen LogP contribution < -0.4 is 10.2 Å². The number of fused-ring (bicyclic) bond motifs is 4. The summed E-state index contributed by atoms with van der Waals surface area (Å²) in [6.45, 7) is 2.35. The molecule has 1 fully saturated rings. The van der Waals surface area contributed by atoms with Gasteiger partial charge in [0, 0.05) is 18.4 Å². The highest BCUT2D eigenvalue weighted by Crippen LogP contribution is 2.50. The highest BCUT2D eigenvalue weighted by Gasteiger charge is 2.51. The molecule has 1 aliphatic carbocycles. The van der Waals surface area contributed by atoms with E-state index in [0.717, 1.165) is 24.5 Å². The summed E-state index contributed by atoms with van der Waals surface area (Å²) in [6, 6.07) is 19.3. The fourth-order valence-corrected chi connectivity index (χ4v) is 4.46. The molecule has 0 unspecified atom stereocenters. The molecule has 1 N–H and O–H groups in total. The van der Waals surface area contributed by atoms with E-state index in [1.165, 1.54) is 29.7 Å². The first kappa shape index (κ1) is 15.0. The average molecular weight is 332 g/mol. The van der Waals surface area contributed by atoms with Crippen LogP contribution >= 0.6 is 0 Å². The Morgan fingerprint density at radius 2 is 1.72 bits per heavy atom. The second kappa shape index (κ2) is 5.63. The summed E-state index contributed by atoms with van der Waals surface area (Å²) in [4.78, 5) is 0. The van der Waals surface area contributed by atoms with E-state index in [-0.39, 0.29) is 11.8 Å². The first-order valence-corrected chi connectivity index (χ1v) is 9.36. The van der Waals surface area contributed by atoms with Crippen LogP contribution in [-0.4, -0.2) is 10.7 Å². The Bertz CT molecular complexity index is 806. The van der Waals surface area contributed by atoms with Crippen LogP contribution in [0.25, 0.3) is 5.70 Å². The number of hydrogen-bond donors (Lipinski definition) is 1. The van der Waals surface area contributed by atoms with Gasteiger partial charge in [0.25, 0.3) is 0 Å². The Balaban J connectivity index is 1.58. The lowest BCUT2D eigenvalue weighted by atomic mass is 9.82. The van der Waals surface area contributed by atoms with Crippen LogP contribution in [0.5, 0.6) is 5.75 Å². The van der Waals surface area contributed by atoms with Crippen LogP contribution in [0.3, 0.4) is 0 Å². The van der Waals surface area contributed by atoms with Crippen molar-refractivity contribution in [1.82, 2.24) is 10.4 Å². The average Bonchev–Trinajstić information content (AvgIpc) is 3.12. The predicted molar refractivity (Wildman–Crippen MR) is 99.6 cm³/mol. The van der Waals surface area contributed by atoms with Crippen LogP contribution in [0, 0.1) is 5.92 Å². The second-order valence-corrected chi connectivity index (χ2v) is 7.64. The molecule has 2 heterocycles. The lowest BCUT2D eigenvalue weighted by Gasteiger charge is -2.51. The minimum absolute atomic E-state index is 0.230. The zero-order chi connectivity index (χ0) is 16.9. The summed E-state index contributed by atoms with van der Waals surface area (Å²) < 4.78 is 6.64. The van der Waals surface area contributed by atoms with Gasteiger partial charge in [0.2, 0.25) is 0 Å². The predicted octanol–water partition coefficient (Wildman–Crippen LogP) is 4.89. The van der Waals surface area contributed by atoms with Gasteiger partial charge in [0.05, 0.1) is 11.7 Å². The zero-order valence-electron chi connectivity index (χ0n) is 14.6. The second-order valence-electron chi connectivity index (χ2n) is 7.64. The van der Waals surface area contributed by atoms with Crippen LogP contribution in [0.1, 0.15) is 49.8 Å². The number of nitrogens with one attached hydrogen (secondary N) is 1. The number of benzene rings is 2. The minimum Gasteiger partial charge on any atom is -0.471 e. The summed E-state index contributed by atoms with van der Waals surface area (Å²) in [5, 5.41) is 2.38. The van der Waals surface area contributed by atoms with Crippen LogP contribution in [0.15, 0.2) is 60.7 Å². The van der Waals surface area contributed by atoms with Crippen molar-refractivity contribution < 1.29 is 4.74 Å². The van der Waals surface area contributed by atoms with Crippen molar-refractivity contribution in [3.8, 4) is 5.75 Å². The molecule has 2 aromatic carbocycles. The lowest BCUT2D eigenvalue weighted by molar-refractivity contribution is -0.155. The van der Waals surface area contributed by atoms with Gasteiger partial charge in [-0.2, -0.15) is 5.01 Å². The maximum Gasteiger partial charge on any atom is 0.180 e. The standard InChI is InChI=1S/C22H24N2O/c1-16-11-13-22(14-12-16)24-20(18-9-5-6-10-21(18)25-22)15-19(23-24)17-7-3-2-4-8-17/h2-10,15-16,20,23H,11-14H2,1H3/t16?,20-,22?/m1/s1. The third kappa shape index (κ3) is 2.37. The van der Waals surface area contributed by atoms with E-state index >= 15 is 0 Å². The molecule has 128 valence electrons. The fraction of sp³-hybridized carbons (Fsp3) is 0.364. The van der Waals surface area contributed by atoms with Gasteiger partial charge in [-0.1, -0.05) is 55.5 Å². The highest BCUT2D eigenvalue weighted by atomic mass is 16.5. The van der Waals surface area contributed by atoms with Crippen molar-refractivity contribution in [3.05, 3.63) is 71.8 Å². The van der Waals surface area contributed by atoms with E-state index in [1.54, 1.807) is 0 Å². The Morgan fingerprint density at radius 3 is 2.52 bits per heavy atom. The molecule has 0 bridgehead atoms. The number of hydrazine groups is 1. The number of nitrogens with zero attached hydrogens (tertiary/aromatic N) is 1. The monoisotopic (exact) mass is 332 g/mol. The molecule has 2 aliphatic heterocycles. The molecule has 1 spiro atoms. The largest absolute Gasteiger partial charge is 0.471 e. The molecular formula is C22H24N2O. The summed E-state index contributed by atoms with van der Waals surface area (Å²) >= 11 is 0. The molecule has 2 aromatic rings. The van der Waals surface area contributed by atoms with Crippen molar-refractivity contribution in [2.45, 2.75) is 44.4 Å². The van der Waals surface area contributed by atoms with E-state index in [0.29, 0.717) is 0 Å².